The van der Waals surface area contributed by atoms with Crippen LogP contribution in [0, 0.1) is 6.92 Å². The summed E-state index contributed by atoms with van der Waals surface area (Å²) in [6.07, 6.45) is 1.91. The van der Waals surface area contributed by atoms with Gasteiger partial charge in [-0.25, -0.2) is 4.98 Å². The lowest BCUT2D eigenvalue weighted by molar-refractivity contribution is 0.912. The Labute approximate surface area is 142 Å². The molecule has 7 nitrogen and oxygen atoms in total. The van der Waals surface area contributed by atoms with Crippen molar-refractivity contribution in [1.29, 1.82) is 0 Å². The number of rotatable bonds is 4. The molecule has 8 heteroatoms. The molecule has 24 heavy (non-hydrogen) atoms. The van der Waals surface area contributed by atoms with E-state index in [0.717, 1.165) is 21.9 Å². The fourth-order valence-corrected chi connectivity index (χ4v) is 3.04. The van der Waals surface area contributed by atoms with E-state index in [1.165, 1.54) is 11.8 Å². The largest absolute Gasteiger partial charge is 0.399 e. The van der Waals surface area contributed by atoms with E-state index in [1.54, 1.807) is 0 Å². The minimum absolute atomic E-state index is 0.653. The molecule has 0 radical (unpaired) electrons. The fraction of sp³-hybridized carbons (Fsp3) is 0.0625. The van der Waals surface area contributed by atoms with Gasteiger partial charge in [0.25, 0.3) is 0 Å². The van der Waals surface area contributed by atoms with Crippen molar-refractivity contribution in [1.82, 2.24) is 24.6 Å². The maximum Gasteiger partial charge on any atom is 0.216 e. The highest BCUT2D eigenvalue weighted by Gasteiger charge is 2.10. The number of hydrogen-bond donors (Lipinski definition) is 3. The van der Waals surface area contributed by atoms with Crippen LogP contribution in [0.1, 0.15) is 5.69 Å². The van der Waals surface area contributed by atoms with Crippen LogP contribution in [0.3, 0.4) is 0 Å². The van der Waals surface area contributed by atoms with Gasteiger partial charge in [0.05, 0.1) is 0 Å². The number of H-pyrrole nitrogens is 1. The average molecular weight is 337 g/mol. The Morgan fingerprint density at radius 2 is 2.00 bits per heavy atom. The molecule has 0 atom stereocenters. The maximum absolute atomic E-state index is 5.73. The molecular formula is C16H15N7S. The first kappa shape index (κ1) is 14.6. The zero-order valence-corrected chi connectivity index (χ0v) is 13.7. The Kier molecular flexibility index (Phi) is 3.58. The van der Waals surface area contributed by atoms with Crippen LogP contribution in [-0.4, -0.2) is 24.6 Å². The van der Waals surface area contributed by atoms with Gasteiger partial charge in [-0.15, -0.1) is 0 Å². The van der Waals surface area contributed by atoms with Crippen LogP contribution in [0.15, 0.2) is 58.7 Å². The first-order chi connectivity index (χ1) is 11.7. The molecule has 0 fully saturated rings. The second-order valence-electron chi connectivity index (χ2n) is 5.30. The maximum atomic E-state index is 5.73. The van der Waals surface area contributed by atoms with E-state index in [0.29, 0.717) is 16.9 Å². The molecule has 0 amide bonds. The number of hydrogen-bond acceptors (Lipinski definition) is 6. The molecule has 3 heterocycles. The van der Waals surface area contributed by atoms with Gasteiger partial charge in [-0.3, -0.25) is 9.50 Å². The van der Waals surface area contributed by atoms with Crippen LogP contribution in [-0.2, 0) is 0 Å². The lowest BCUT2D eigenvalue weighted by Crippen LogP contribution is -2.04. The standard InChI is InChI=1S/C16H15N7S/c1-10-9-13(22-21-10)18-15-20-16(19-14-3-2-8-23(14)15)24-12-6-4-11(17)5-7-12/h2-9H,17H2,1H3,(H2,18,19,20,21,22). The SMILES string of the molecule is Cc1cc(Nc2nc(Sc3ccc(N)cc3)nc3cccn23)n[nH]1. The number of benzene rings is 1. The van der Waals surface area contributed by atoms with E-state index in [2.05, 4.69) is 25.5 Å². The van der Waals surface area contributed by atoms with Gasteiger partial charge >= 0.3 is 0 Å². The molecule has 120 valence electrons. The summed E-state index contributed by atoms with van der Waals surface area (Å²) in [6, 6.07) is 13.4. The number of nitrogens with one attached hydrogen (secondary N) is 2. The van der Waals surface area contributed by atoms with Crippen molar-refractivity contribution < 1.29 is 0 Å². The van der Waals surface area contributed by atoms with E-state index in [-0.39, 0.29) is 0 Å². The molecule has 4 rings (SSSR count). The summed E-state index contributed by atoms with van der Waals surface area (Å²) in [5, 5.41) is 11.0. The number of anilines is 3. The monoisotopic (exact) mass is 337 g/mol. The lowest BCUT2D eigenvalue weighted by atomic mass is 10.3. The Bertz CT molecular complexity index is 987. The highest BCUT2D eigenvalue weighted by atomic mass is 32.2. The molecule has 0 aliphatic rings. The third kappa shape index (κ3) is 2.91. The summed E-state index contributed by atoms with van der Waals surface area (Å²) >= 11 is 1.49. The van der Waals surface area contributed by atoms with Crippen molar-refractivity contribution in [3.05, 3.63) is 54.4 Å². The van der Waals surface area contributed by atoms with E-state index in [1.807, 2.05) is 60.0 Å². The molecule has 1 aromatic carbocycles. The van der Waals surface area contributed by atoms with Crippen molar-refractivity contribution in [2.24, 2.45) is 0 Å². The summed E-state index contributed by atoms with van der Waals surface area (Å²) in [5.41, 5.74) is 8.26. The van der Waals surface area contributed by atoms with Gasteiger partial charge in [-0.1, -0.05) is 0 Å². The fourth-order valence-electron chi connectivity index (χ4n) is 2.28. The first-order valence-corrected chi connectivity index (χ1v) is 8.16. The van der Waals surface area contributed by atoms with Gasteiger partial charge in [-0.2, -0.15) is 10.1 Å². The number of aromatic nitrogens is 5. The van der Waals surface area contributed by atoms with Gasteiger partial charge in [0, 0.05) is 28.5 Å². The Balaban J connectivity index is 1.70. The molecule has 4 N–H and O–H groups in total. The number of nitrogens with two attached hydrogens (primary N) is 1. The number of aromatic amines is 1. The molecule has 0 aliphatic heterocycles. The molecule has 0 spiro atoms. The zero-order chi connectivity index (χ0) is 16.5. The number of nitrogens with zero attached hydrogens (tertiary/aromatic N) is 4. The van der Waals surface area contributed by atoms with Gasteiger partial charge in [0.1, 0.15) is 5.65 Å². The van der Waals surface area contributed by atoms with Gasteiger partial charge in [0.2, 0.25) is 5.95 Å². The van der Waals surface area contributed by atoms with Crippen molar-refractivity contribution >= 4 is 34.9 Å². The predicted octanol–water partition coefficient (Wildman–Crippen LogP) is 3.24. The highest BCUT2D eigenvalue weighted by Crippen LogP contribution is 2.27. The Morgan fingerprint density at radius 1 is 1.17 bits per heavy atom. The molecule has 0 bridgehead atoms. The second-order valence-corrected chi connectivity index (χ2v) is 6.34. The van der Waals surface area contributed by atoms with Gasteiger partial charge in [-0.05, 0) is 55.1 Å². The summed E-state index contributed by atoms with van der Waals surface area (Å²) < 4.78 is 1.89. The average Bonchev–Trinajstić information content (AvgIpc) is 3.19. The summed E-state index contributed by atoms with van der Waals surface area (Å²) in [7, 11) is 0. The van der Waals surface area contributed by atoms with E-state index in [4.69, 9.17) is 5.73 Å². The summed E-state index contributed by atoms with van der Waals surface area (Å²) in [5.74, 6) is 1.37. The van der Waals surface area contributed by atoms with E-state index < -0.39 is 0 Å². The van der Waals surface area contributed by atoms with Crippen LogP contribution in [0.25, 0.3) is 5.65 Å². The minimum atomic E-state index is 0.653. The summed E-state index contributed by atoms with van der Waals surface area (Å²) in [4.78, 5) is 10.2. The Hall–Kier alpha value is -3.00. The molecule has 0 unspecified atom stereocenters. The van der Waals surface area contributed by atoms with Crippen molar-refractivity contribution in [2.75, 3.05) is 11.1 Å². The highest BCUT2D eigenvalue weighted by molar-refractivity contribution is 7.99. The molecule has 0 aliphatic carbocycles. The third-order valence-corrected chi connectivity index (χ3v) is 4.28. The minimum Gasteiger partial charge on any atom is -0.399 e. The number of nitrogen functional groups attached to an aromatic ring is 1. The second kappa shape index (κ2) is 5.89. The van der Waals surface area contributed by atoms with Crippen LogP contribution in [0.4, 0.5) is 17.5 Å². The van der Waals surface area contributed by atoms with Crippen LogP contribution in [0.5, 0.6) is 0 Å². The Morgan fingerprint density at radius 3 is 2.75 bits per heavy atom. The number of fused-ring (bicyclic) bond motifs is 1. The topological polar surface area (TPSA) is 96.9 Å². The molecule has 0 saturated heterocycles. The molecule has 4 aromatic rings. The zero-order valence-electron chi connectivity index (χ0n) is 12.9. The third-order valence-electron chi connectivity index (χ3n) is 3.40. The quantitative estimate of drug-likeness (QED) is 0.495. The molecular weight excluding hydrogens is 322 g/mol. The van der Waals surface area contributed by atoms with E-state index in [9.17, 15) is 0 Å². The van der Waals surface area contributed by atoms with Crippen LogP contribution in [0.2, 0.25) is 0 Å². The normalized spacial score (nSPS) is 11.0. The van der Waals surface area contributed by atoms with Crippen molar-refractivity contribution in [3.63, 3.8) is 0 Å². The van der Waals surface area contributed by atoms with Crippen molar-refractivity contribution in [3.8, 4) is 0 Å². The first-order valence-electron chi connectivity index (χ1n) is 7.35. The molecule has 3 aromatic heterocycles. The van der Waals surface area contributed by atoms with Crippen LogP contribution >= 0.6 is 11.8 Å². The molecule has 0 saturated carbocycles. The number of aryl methyl sites for hydroxylation is 1. The van der Waals surface area contributed by atoms with Gasteiger partial charge in [0.15, 0.2) is 11.0 Å². The predicted molar refractivity (Wildman–Crippen MR) is 94.6 cm³/mol. The van der Waals surface area contributed by atoms with E-state index >= 15 is 0 Å². The summed E-state index contributed by atoms with van der Waals surface area (Å²) in [6.45, 7) is 1.95. The lowest BCUT2D eigenvalue weighted by Gasteiger charge is -2.08. The van der Waals surface area contributed by atoms with Crippen molar-refractivity contribution in [2.45, 2.75) is 17.0 Å². The smallest absolute Gasteiger partial charge is 0.216 e. The van der Waals surface area contributed by atoms with Gasteiger partial charge < -0.3 is 11.1 Å². The van der Waals surface area contributed by atoms with Crippen LogP contribution < -0.4 is 11.1 Å².